The largest absolute Gasteiger partial charge is 0.430 e. The molecule has 10 heteroatoms. The molecule has 0 amide bonds. The average Bonchev–Trinajstić information content (AvgIpc) is 2.92. The van der Waals surface area contributed by atoms with Crippen molar-refractivity contribution in [1.82, 2.24) is 4.98 Å². The van der Waals surface area contributed by atoms with Crippen LogP contribution in [0.3, 0.4) is 0 Å². The Morgan fingerprint density at radius 2 is 1.67 bits per heavy atom. The van der Waals surface area contributed by atoms with Gasteiger partial charge < -0.3 is 10.2 Å². The zero-order chi connectivity index (χ0) is 18.3. The molecule has 0 saturated heterocycles. The average molecular weight is 371 g/mol. The van der Waals surface area contributed by atoms with E-state index in [4.69, 9.17) is 5.11 Å². The maximum Gasteiger partial charge on any atom is 0.430 e. The van der Waals surface area contributed by atoms with Gasteiger partial charge >= 0.3 is 12.4 Å². The van der Waals surface area contributed by atoms with Crippen LogP contribution in [0.5, 0.6) is 0 Å². The highest BCUT2D eigenvalue weighted by atomic mass is 32.1. The van der Waals surface area contributed by atoms with Crippen molar-refractivity contribution in [2.75, 3.05) is 0 Å². The normalized spacial score (nSPS) is 13.4. The van der Waals surface area contributed by atoms with Crippen molar-refractivity contribution >= 4 is 11.3 Å². The molecule has 2 N–H and O–H groups in total. The molecule has 1 heterocycles. The molecule has 0 radical (unpaired) electrons. The van der Waals surface area contributed by atoms with Gasteiger partial charge in [-0.15, -0.1) is 11.3 Å². The molecule has 2 rings (SSSR count). The molecule has 0 aliphatic heterocycles. The van der Waals surface area contributed by atoms with Gasteiger partial charge in [0.25, 0.3) is 5.60 Å². The highest BCUT2D eigenvalue weighted by Gasteiger charge is 2.71. The van der Waals surface area contributed by atoms with Gasteiger partial charge in [-0.05, 0) is 18.1 Å². The molecule has 3 nitrogen and oxygen atoms in total. The zero-order valence-electron chi connectivity index (χ0n) is 12.0. The number of aliphatic hydroxyl groups is 2. The maximum atomic E-state index is 12.9. The zero-order valence-corrected chi connectivity index (χ0v) is 12.9. The summed E-state index contributed by atoms with van der Waals surface area (Å²) in [5.74, 6) is 0. The van der Waals surface area contributed by atoms with Gasteiger partial charge in [0.2, 0.25) is 0 Å². The Morgan fingerprint density at radius 3 is 2.12 bits per heavy atom. The molecule has 0 bridgehead atoms. The lowest BCUT2D eigenvalue weighted by atomic mass is 9.89. The summed E-state index contributed by atoms with van der Waals surface area (Å²) in [6.45, 7) is 0.891. The minimum absolute atomic E-state index is 0.0818. The second-order valence-corrected chi connectivity index (χ2v) is 5.88. The Labute approximate surface area is 136 Å². The van der Waals surface area contributed by atoms with Crippen molar-refractivity contribution in [3.05, 3.63) is 40.5 Å². The molecule has 132 valence electrons. The Balaban J connectivity index is 2.60. The number of nitrogens with zero attached hydrogens (tertiary/aromatic N) is 1. The Hall–Kier alpha value is -1.65. The molecule has 0 saturated carbocycles. The molecule has 1 aromatic heterocycles. The van der Waals surface area contributed by atoms with E-state index in [9.17, 15) is 31.4 Å². The fraction of sp³-hybridized carbons (Fsp3) is 0.357. The molecular formula is C14H11F6NO2S. The molecule has 0 atom stereocenters. The molecule has 2 aromatic rings. The van der Waals surface area contributed by atoms with Crippen LogP contribution in [0.2, 0.25) is 0 Å². The highest BCUT2D eigenvalue weighted by molar-refractivity contribution is 7.13. The SMILES string of the molecule is Cc1cc(C(O)(C(F)(F)F)C(F)(F)F)ccc1-c1scnc1CO. The lowest BCUT2D eigenvalue weighted by Gasteiger charge is -2.33. The Kier molecular flexibility index (Phi) is 4.68. The smallest absolute Gasteiger partial charge is 0.390 e. The van der Waals surface area contributed by atoms with Crippen LogP contribution in [0, 0.1) is 6.92 Å². The predicted molar refractivity (Wildman–Crippen MR) is 74.2 cm³/mol. The highest BCUT2D eigenvalue weighted by Crippen LogP contribution is 2.50. The van der Waals surface area contributed by atoms with Gasteiger partial charge in [-0.2, -0.15) is 26.3 Å². The van der Waals surface area contributed by atoms with E-state index >= 15 is 0 Å². The van der Waals surface area contributed by atoms with E-state index in [0.717, 1.165) is 17.4 Å². The van der Waals surface area contributed by atoms with Crippen molar-refractivity contribution in [2.45, 2.75) is 31.5 Å². The van der Waals surface area contributed by atoms with Crippen molar-refractivity contribution in [3.63, 3.8) is 0 Å². The number of hydrogen-bond acceptors (Lipinski definition) is 4. The molecule has 0 aliphatic carbocycles. The van der Waals surface area contributed by atoms with Gasteiger partial charge in [0.1, 0.15) is 0 Å². The molecule has 0 fully saturated rings. The van der Waals surface area contributed by atoms with E-state index in [1.54, 1.807) is 0 Å². The van der Waals surface area contributed by atoms with E-state index in [1.165, 1.54) is 12.4 Å². The molecule has 0 spiro atoms. The van der Waals surface area contributed by atoms with Gasteiger partial charge in [-0.3, -0.25) is 0 Å². The number of aromatic nitrogens is 1. The van der Waals surface area contributed by atoms with Crippen LogP contribution >= 0.6 is 11.3 Å². The third kappa shape index (κ3) is 2.89. The van der Waals surface area contributed by atoms with E-state index in [0.29, 0.717) is 22.6 Å². The number of thiazole rings is 1. The number of aryl methyl sites for hydroxylation is 1. The summed E-state index contributed by atoms with van der Waals surface area (Å²) in [4.78, 5) is 4.30. The van der Waals surface area contributed by atoms with E-state index < -0.39 is 30.1 Å². The van der Waals surface area contributed by atoms with Crippen LogP contribution in [0.15, 0.2) is 23.7 Å². The quantitative estimate of drug-likeness (QED) is 0.804. The van der Waals surface area contributed by atoms with E-state index in [1.807, 2.05) is 0 Å². The van der Waals surface area contributed by atoms with E-state index in [-0.39, 0.29) is 11.3 Å². The second kappa shape index (κ2) is 6.01. The topological polar surface area (TPSA) is 53.4 Å². The number of halogens is 6. The maximum absolute atomic E-state index is 12.9. The number of aliphatic hydroxyl groups excluding tert-OH is 1. The molecule has 0 unspecified atom stereocenters. The van der Waals surface area contributed by atoms with Gasteiger partial charge in [0, 0.05) is 5.56 Å². The summed E-state index contributed by atoms with van der Waals surface area (Å²) in [7, 11) is 0. The molecule has 24 heavy (non-hydrogen) atoms. The summed E-state index contributed by atoms with van der Waals surface area (Å²) in [5.41, 5.74) is -4.21. The van der Waals surface area contributed by atoms with Crippen molar-refractivity contribution in [3.8, 4) is 10.4 Å². The minimum Gasteiger partial charge on any atom is -0.390 e. The van der Waals surface area contributed by atoms with Crippen molar-refractivity contribution in [2.24, 2.45) is 0 Å². The predicted octanol–water partition coefficient (Wildman–Crippen LogP) is 3.92. The number of rotatable bonds is 3. The number of hydrogen-bond donors (Lipinski definition) is 2. The van der Waals surface area contributed by atoms with Crippen LogP contribution in [-0.2, 0) is 12.2 Å². The lowest BCUT2D eigenvalue weighted by Crippen LogP contribution is -2.53. The van der Waals surface area contributed by atoms with E-state index in [2.05, 4.69) is 4.98 Å². The van der Waals surface area contributed by atoms with Crippen molar-refractivity contribution < 1.29 is 36.6 Å². The summed E-state index contributed by atoms with van der Waals surface area (Å²) in [6.07, 6.45) is -11.9. The van der Waals surface area contributed by atoms with Gasteiger partial charge in [-0.25, -0.2) is 4.98 Å². The first-order valence-corrected chi connectivity index (χ1v) is 7.32. The summed E-state index contributed by atoms with van der Waals surface area (Å²) < 4.78 is 77.4. The third-order valence-electron chi connectivity index (χ3n) is 3.50. The number of benzene rings is 1. The first-order chi connectivity index (χ1) is 10.9. The monoisotopic (exact) mass is 371 g/mol. The van der Waals surface area contributed by atoms with Crippen LogP contribution in [0.25, 0.3) is 10.4 Å². The summed E-state index contributed by atoms with van der Waals surface area (Å²) in [6, 6.07) is 2.25. The van der Waals surface area contributed by atoms with Crippen LogP contribution < -0.4 is 0 Å². The summed E-state index contributed by atoms with van der Waals surface area (Å²) in [5, 5.41) is 18.6. The second-order valence-electron chi connectivity index (χ2n) is 5.02. The fourth-order valence-electron chi connectivity index (χ4n) is 2.23. The van der Waals surface area contributed by atoms with Crippen LogP contribution in [0.1, 0.15) is 16.8 Å². The standard InChI is InChI=1S/C14H11F6NO2S/c1-7-4-8(12(23,13(15,16)17)14(18,19)20)2-3-9(7)11-10(5-22)21-6-24-11/h2-4,6,22-23H,5H2,1H3. The molecule has 0 aliphatic rings. The van der Waals surface area contributed by atoms with Gasteiger partial charge in [-0.1, -0.05) is 18.2 Å². The Morgan fingerprint density at radius 1 is 1.08 bits per heavy atom. The third-order valence-corrected chi connectivity index (χ3v) is 4.40. The van der Waals surface area contributed by atoms with Crippen molar-refractivity contribution in [1.29, 1.82) is 0 Å². The van der Waals surface area contributed by atoms with Crippen LogP contribution in [0.4, 0.5) is 26.3 Å². The van der Waals surface area contributed by atoms with Gasteiger partial charge in [0.05, 0.1) is 22.7 Å². The first kappa shape index (κ1) is 18.7. The number of alkyl halides is 6. The van der Waals surface area contributed by atoms with Gasteiger partial charge in [0.15, 0.2) is 0 Å². The molecule has 1 aromatic carbocycles. The Bertz CT molecular complexity index is 724. The fourth-order valence-corrected chi connectivity index (χ4v) is 3.13. The molecular weight excluding hydrogens is 360 g/mol. The first-order valence-electron chi connectivity index (χ1n) is 6.44. The van der Waals surface area contributed by atoms with Crippen LogP contribution in [-0.4, -0.2) is 27.5 Å². The summed E-state index contributed by atoms with van der Waals surface area (Å²) >= 11 is 1.09. The lowest BCUT2D eigenvalue weighted by molar-refractivity contribution is -0.376. The minimum atomic E-state index is -5.93.